The number of aromatic amines is 1. The fourth-order valence-corrected chi connectivity index (χ4v) is 4.91. The lowest BCUT2D eigenvalue weighted by atomic mass is 10.1. The van der Waals surface area contributed by atoms with Gasteiger partial charge in [-0.1, -0.05) is 15.9 Å². The highest BCUT2D eigenvalue weighted by atomic mass is 79.9. The summed E-state index contributed by atoms with van der Waals surface area (Å²) in [6.45, 7) is 3.44. The Bertz CT molecular complexity index is 799. The van der Waals surface area contributed by atoms with Crippen LogP contribution in [0.25, 0.3) is 10.9 Å². The lowest BCUT2D eigenvalue weighted by Gasteiger charge is -2.24. The van der Waals surface area contributed by atoms with Gasteiger partial charge in [0.2, 0.25) is 0 Å². The molecular formula is C18H22BrN3O2S. The third-order valence-corrected chi connectivity index (χ3v) is 6.30. The average Bonchev–Trinajstić information content (AvgIpc) is 3.22. The smallest absolute Gasteiger partial charge is 0.115 e. The number of benzene rings is 1. The van der Waals surface area contributed by atoms with Gasteiger partial charge < -0.3 is 20.1 Å². The van der Waals surface area contributed by atoms with E-state index in [1.54, 1.807) is 18.7 Å². The molecule has 1 aromatic carbocycles. The predicted octanol–water partition coefficient (Wildman–Crippen LogP) is 3.76. The number of thioether (sulfide) groups is 1. The minimum absolute atomic E-state index is 0.0158. The molecule has 0 aliphatic carbocycles. The number of hydrogen-bond donors (Lipinski definition) is 3. The molecule has 134 valence electrons. The van der Waals surface area contributed by atoms with Crippen molar-refractivity contribution < 1.29 is 9.84 Å². The molecule has 2 aliphatic rings. The first-order valence-corrected chi connectivity index (χ1v) is 10.4. The minimum atomic E-state index is -0.408. The normalized spacial score (nSPS) is 23.0. The molecule has 2 aromatic rings. The number of aromatic nitrogens is 1. The summed E-state index contributed by atoms with van der Waals surface area (Å²) in [6.07, 6.45) is 1.65. The molecule has 4 rings (SSSR count). The van der Waals surface area contributed by atoms with Crippen LogP contribution in [0.15, 0.2) is 27.7 Å². The number of nitrogens with zero attached hydrogens (tertiary/aromatic N) is 1. The molecule has 0 spiro atoms. The molecule has 3 N–H and O–H groups in total. The van der Waals surface area contributed by atoms with Crippen LogP contribution in [0.3, 0.4) is 0 Å². The van der Waals surface area contributed by atoms with E-state index in [1.807, 2.05) is 0 Å². The molecule has 0 amide bonds. The van der Waals surface area contributed by atoms with E-state index in [1.165, 1.54) is 0 Å². The van der Waals surface area contributed by atoms with Gasteiger partial charge in [0, 0.05) is 34.9 Å². The van der Waals surface area contributed by atoms with Crippen LogP contribution in [0.2, 0.25) is 0 Å². The Kier molecular flexibility index (Phi) is 5.08. The van der Waals surface area contributed by atoms with E-state index in [4.69, 9.17) is 4.74 Å². The Morgan fingerprint density at radius 2 is 2.16 bits per heavy atom. The fraction of sp³-hybridized carbons (Fsp3) is 0.500. The molecule has 2 aliphatic heterocycles. The van der Waals surface area contributed by atoms with Gasteiger partial charge in [-0.2, -0.15) is 0 Å². The Morgan fingerprint density at radius 3 is 2.88 bits per heavy atom. The van der Waals surface area contributed by atoms with E-state index in [9.17, 15) is 5.11 Å². The van der Waals surface area contributed by atoms with Crippen molar-refractivity contribution in [1.29, 1.82) is 0 Å². The van der Waals surface area contributed by atoms with E-state index >= 15 is 0 Å². The number of ether oxygens (including phenoxy) is 1. The van der Waals surface area contributed by atoms with Gasteiger partial charge in [-0.3, -0.25) is 4.99 Å². The van der Waals surface area contributed by atoms with Crippen molar-refractivity contribution in [3.63, 3.8) is 0 Å². The van der Waals surface area contributed by atoms with Crippen LogP contribution in [0.1, 0.15) is 25.5 Å². The molecule has 0 bridgehead atoms. The van der Waals surface area contributed by atoms with Gasteiger partial charge in [-0.25, -0.2) is 0 Å². The molecule has 2 atom stereocenters. The summed E-state index contributed by atoms with van der Waals surface area (Å²) in [4.78, 5) is 8.21. The number of aliphatic imine (C=N–C) groups is 1. The maximum atomic E-state index is 9.76. The van der Waals surface area contributed by atoms with Gasteiger partial charge in [0.1, 0.15) is 5.04 Å². The van der Waals surface area contributed by atoms with E-state index in [0.717, 1.165) is 63.6 Å². The fourth-order valence-electron chi connectivity index (χ4n) is 3.28. The second kappa shape index (κ2) is 7.31. The number of aliphatic hydroxyl groups is 1. The lowest BCUT2D eigenvalue weighted by molar-refractivity contribution is 0.0905. The molecule has 3 heterocycles. The van der Waals surface area contributed by atoms with Crippen molar-refractivity contribution in [3.8, 4) is 0 Å². The summed E-state index contributed by atoms with van der Waals surface area (Å²) < 4.78 is 6.51. The van der Waals surface area contributed by atoms with Crippen molar-refractivity contribution in [2.45, 2.75) is 38.0 Å². The number of H-pyrrole nitrogens is 1. The van der Waals surface area contributed by atoms with Crippen LogP contribution >= 0.6 is 27.7 Å². The van der Waals surface area contributed by atoms with Crippen LogP contribution in [0, 0.1) is 0 Å². The van der Waals surface area contributed by atoms with Crippen molar-refractivity contribution in [1.82, 2.24) is 4.98 Å². The highest BCUT2D eigenvalue weighted by molar-refractivity contribution is 9.10. The zero-order valence-corrected chi connectivity index (χ0v) is 16.5. The monoisotopic (exact) mass is 423 g/mol. The largest absolute Gasteiger partial charge is 0.391 e. The molecule has 0 radical (unpaired) electrons. The van der Waals surface area contributed by atoms with Crippen LogP contribution in [-0.4, -0.2) is 52.3 Å². The Morgan fingerprint density at radius 1 is 1.36 bits per heavy atom. The van der Waals surface area contributed by atoms with Crippen molar-refractivity contribution in [2.75, 3.05) is 24.3 Å². The van der Waals surface area contributed by atoms with Crippen molar-refractivity contribution >= 4 is 49.3 Å². The van der Waals surface area contributed by atoms with Crippen LogP contribution < -0.4 is 5.32 Å². The second-order valence-electron chi connectivity index (χ2n) is 6.68. The van der Waals surface area contributed by atoms with Crippen LogP contribution in [-0.2, 0) is 4.74 Å². The van der Waals surface area contributed by atoms with E-state index < -0.39 is 6.10 Å². The second-order valence-corrected chi connectivity index (χ2v) is 8.61. The summed E-state index contributed by atoms with van der Waals surface area (Å²) >= 11 is 5.33. The summed E-state index contributed by atoms with van der Waals surface area (Å²) in [5.41, 5.74) is 3.24. The topological polar surface area (TPSA) is 69.6 Å². The number of nitrogens with one attached hydrogen (secondary N) is 2. The quantitative estimate of drug-likeness (QED) is 0.699. The molecule has 1 saturated heterocycles. The SMILES string of the molecule is CC(O)C1CSC(c2cc3cc(Br)cc(NC4CCOCC4)c3[nH]2)=N1. The van der Waals surface area contributed by atoms with Gasteiger partial charge in [-0.05, 0) is 38.0 Å². The molecule has 2 unspecified atom stereocenters. The average molecular weight is 424 g/mol. The van der Waals surface area contributed by atoms with Crippen LogP contribution in [0.4, 0.5) is 5.69 Å². The number of hydrogen-bond acceptors (Lipinski definition) is 5. The number of rotatable bonds is 4. The third-order valence-electron chi connectivity index (χ3n) is 4.74. The highest BCUT2D eigenvalue weighted by Crippen LogP contribution is 2.33. The summed E-state index contributed by atoms with van der Waals surface area (Å²) in [5, 5.41) is 15.6. The summed E-state index contributed by atoms with van der Waals surface area (Å²) in [5.74, 6) is 0.833. The highest BCUT2D eigenvalue weighted by Gasteiger charge is 2.24. The molecule has 0 saturated carbocycles. The molecule has 5 nitrogen and oxygen atoms in total. The zero-order valence-electron chi connectivity index (χ0n) is 14.1. The van der Waals surface area contributed by atoms with Gasteiger partial charge in [0.25, 0.3) is 0 Å². The first kappa shape index (κ1) is 17.4. The molecular weight excluding hydrogens is 402 g/mol. The first-order valence-electron chi connectivity index (χ1n) is 8.66. The maximum Gasteiger partial charge on any atom is 0.115 e. The molecule has 7 heteroatoms. The van der Waals surface area contributed by atoms with Gasteiger partial charge in [-0.15, -0.1) is 11.8 Å². The van der Waals surface area contributed by atoms with Crippen LogP contribution in [0.5, 0.6) is 0 Å². The van der Waals surface area contributed by atoms with E-state index in [-0.39, 0.29) is 6.04 Å². The third kappa shape index (κ3) is 3.74. The lowest BCUT2D eigenvalue weighted by Crippen LogP contribution is -2.27. The van der Waals surface area contributed by atoms with Crippen molar-refractivity contribution in [3.05, 3.63) is 28.4 Å². The Hall–Kier alpha value is -1.02. The number of anilines is 1. The van der Waals surface area contributed by atoms with Gasteiger partial charge >= 0.3 is 0 Å². The van der Waals surface area contributed by atoms with Crippen molar-refractivity contribution in [2.24, 2.45) is 4.99 Å². The van der Waals surface area contributed by atoms with Gasteiger partial charge in [0.05, 0.1) is 29.0 Å². The number of fused-ring (bicyclic) bond motifs is 1. The Labute approximate surface area is 159 Å². The number of halogens is 1. The minimum Gasteiger partial charge on any atom is -0.391 e. The summed E-state index contributed by atoms with van der Waals surface area (Å²) in [6, 6.07) is 6.82. The predicted molar refractivity (Wildman–Crippen MR) is 108 cm³/mol. The number of aliphatic hydroxyl groups excluding tert-OH is 1. The Balaban J connectivity index is 1.65. The van der Waals surface area contributed by atoms with E-state index in [0.29, 0.717) is 6.04 Å². The molecule has 25 heavy (non-hydrogen) atoms. The standard InChI is InChI=1S/C18H22BrN3O2S/c1-10(23)16-9-25-18(22-16)15-7-11-6-12(19)8-14(17(11)21-15)20-13-2-4-24-5-3-13/h6-8,10,13,16,20-21,23H,2-5,9H2,1H3. The van der Waals surface area contributed by atoms with E-state index in [2.05, 4.69) is 49.4 Å². The molecule has 1 fully saturated rings. The molecule has 1 aromatic heterocycles. The first-order chi connectivity index (χ1) is 12.1. The van der Waals surface area contributed by atoms with Gasteiger partial charge in [0.15, 0.2) is 0 Å². The summed E-state index contributed by atoms with van der Waals surface area (Å²) in [7, 11) is 0. The zero-order chi connectivity index (χ0) is 17.4. The maximum absolute atomic E-state index is 9.76.